The Morgan fingerprint density at radius 2 is 1.45 bits per heavy atom. The molecule has 4 rings (SSSR count). The SMILES string of the molecule is CCCCCCCCCCCCCCCC(=O)C(O)(CO)C(O)C1C[C@H](O)CC2=CC[C@H]3[C@@H]4CC[C@H]([C@H](C)CCCC(C)C)[C@@]4(C)CC[C@@H]3[C@@]21C. The van der Waals surface area contributed by atoms with Crippen LogP contribution in [-0.4, -0.2) is 50.6 Å². The van der Waals surface area contributed by atoms with Crippen molar-refractivity contribution in [2.45, 2.75) is 213 Å². The van der Waals surface area contributed by atoms with Gasteiger partial charge in [0.25, 0.3) is 0 Å². The predicted octanol–water partition coefficient (Wildman–Crippen LogP) is 10.7. The highest BCUT2D eigenvalue weighted by molar-refractivity contribution is 5.88. The molecule has 4 N–H and O–H groups in total. The Hall–Kier alpha value is -0.750. The number of carbonyl (C=O) groups is 1. The Kier molecular flexibility index (Phi) is 16.6. The Balaban J connectivity index is 1.35. The van der Waals surface area contributed by atoms with Crippen molar-refractivity contribution in [3.05, 3.63) is 11.6 Å². The summed E-state index contributed by atoms with van der Waals surface area (Å²) >= 11 is 0. The molecule has 0 radical (unpaired) electrons. The third kappa shape index (κ3) is 9.93. The van der Waals surface area contributed by atoms with E-state index in [-0.39, 0.29) is 6.42 Å². The van der Waals surface area contributed by atoms with E-state index in [1.54, 1.807) is 0 Å². The molecule has 0 aromatic rings. The minimum Gasteiger partial charge on any atom is -0.393 e. The largest absolute Gasteiger partial charge is 0.393 e. The van der Waals surface area contributed by atoms with E-state index in [2.05, 4.69) is 47.6 Å². The van der Waals surface area contributed by atoms with Crippen molar-refractivity contribution in [1.29, 1.82) is 0 Å². The number of hydrogen-bond acceptors (Lipinski definition) is 5. The van der Waals surface area contributed by atoms with Crippen molar-refractivity contribution >= 4 is 5.78 Å². The molecule has 51 heavy (non-hydrogen) atoms. The monoisotopic (exact) mass is 715 g/mol. The van der Waals surface area contributed by atoms with Gasteiger partial charge in [-0.3, -0.25) is 4.79 Å². The van der Waals surface area contributed by atoms with E-state index in [1.807, 2.05) is 0 Å². The van der Waals surface area contributed by atoms with Gasteiger partial charge < -0.3 is 20.4 Å². The first-order valence-electron chi connectivity index (χ1n) is 22.3. The zero-order valence-electron chi connectivity index (χ0n) is 34.1. The first kappa shape index (κ1) is 43.0. The Labute approximate surface area is 314 Å². The number of carbonyl (C=O) groups excluding carboxylic acids is 1. The van der Waals surface area contributed by atoms with Crippen molar-refractivity contribution in [1.82, 2.24) is 0 Å². The predicted molar refractivity (Wildman–Crippen MR) is 211 cm³/mol. The van der Waals surface area contributed by atoms with Crippen LogP contribution in [-0.2, 0) is 4.79 Å². The number of fused-ring (bicyclic) bond motifs is 5. The Bertz CT molecular complexity index is 1090. The minimum atomic E-state index is -2.20. The summed E-state index contributed by atoms with van der Waals surface area (Å²) < 4.78 is 0. The summed E-state index contributed by atoms with van der Waals surface area (Å²) in [6, 6.07) is 0. The van der Waals surface area contributed by atoms with Gasteiger partial charge in [0.05, 0.1) is 18.8 Å². The molecule has 0 heterocycles. The first-order valence-corrected chi connectivity index (χ1v) is 22.3. The van der Waals surface area contributed by atoms with Crippen LogP contribution in [0.1, 0.15) is 196 Å². The van der Waals surface area contributed by atoms with Crippen LogP contribution in [0.4, 0.5) is 0 Å². The van der Waals surface area contributed by atoms with Gasteiger partial charge in [-0.25, -0.2) is 0 Å². The van der Waals surface area contributed by atoms with Crippen molar-refractivity contribution < 1.29 is 25.2 Å². The first-order chi connectivity index (χ1) is 24.3. The number of aliphatic hydroxyl groups is 4. The molecule has 3 unspecified atom stereocenters. The molecule has 0 bridgehead atoms. The fourth-order valence-electron chi connectivity index (χ4n) is 12.5. The lowest BCUT2D eigenvalue weighted by Gasteiger charge is -2.61. The van der Waals surface area contributed by atoms with E-state index in [0.717, 1.165) is 43.4 Å². The van der Waals surface area contributed by atoms with Crippen molar-refractivity contribution in [2.24, 2.45) is 52.3 Å². The molecule has 0 amide bonds. The second-order valence-electron chi connectivity index (χ2n) is 19.3. The summed E-state index contributed by atoms with van der Waals surface area (Å²) in [6.45, 7) is 13.5. The van der Waals surface area contributed by atoms with Crippen LogP contribution in [0.2, 0.25) is 0 Å². The van der Waals surface area contributed by atoms with Crippen molar-refractivity contribution in [2.75, 3.05) is 6.61 Å². The highest BCUT2D eigenvalue weighted by Crippen LogP contribution is 2.68. The van der Waals surface area contributed by atoms with Crippen LogP contribution in [0.15, 0.2) is 11.6 Å². The normalized spacial score (nSPS) is 34.3. The van der Waals surface area contributed by atoms with Crippen LogP contribution >= 0.6 is 0 Å². The van der Waals surface area contributed by atoms with E-state index in [0.29, 0.717) is 42.4 Å². The fraction of sp³-hybridized carbons (Fsp3) is 0.935. The molecular formula is C46H82O5. The van der Waals surface area contributed by atoms with Gasteiger partial charge in [0.1, 0.15) is 0 Å². The topological polar surface area (TPSA) is 98.0 Å². The maximum absolute atomic E-state index is 13.7. The van der Waals surface area contributed by atoms with Crippen LogP contribution in [0.25, 0.3) is 0 Å². The molecule has 4 aliphatic rings. The molecule has 3 saturated carbocycles. The molecule has 0 aromatic carbocycles. The number of rotatable bonds is 23. The molecule has 4 aliphatic carbocycles. The average molecular weight is 715 g/mol. The Morgan fingerprint density at radius 1 is 0.843 bits per heavy atom. The third-order valence-corrected chi connectivity index (χ3v) is 15.6. The zero-order valence-corrected chi connectivity index (χ0v) is 34.1. The fourth-order valence-corrected chi connectivity index (χ4v) is 12.5. The van der Waals surface area contributed by atoms with Crippen molar-refractivity contribution in [3.63, 3.8) is 0 Å². The highest BCUT2D eigenvalue weighted by Gasteiger charge is 2.63. The van der Waals surface area contributed by atoms with E-state index < -0.39 is 41.5 Å². The average Bonchev–Trinajstić information content (AvgIpc) is 3.46. The maximum Gasteiger partial charge on any atom is 0.172 e. The summed E-state index contributed by atoms with van der Waals surface area (Å²) in [7, 11) is 0. The number of unbranched alkanes of at least 4 members (excludes halogenated alkanes) is 12. The van der Waals surface area contributed by atoms with E-state index in [1.165, 1.54) is 108 Å². The lowest BCUT2D eigenvalue weighted by atomic mass is 9.43. The van der Waals surface area contributed by atoms with Crippen LogP contribution in [0.3, 0.4) is 0 Å². The van der Waals surface area contributed by atoms with Gasteiger partial charge in [-0.15, -0.1) is 0 Å². The van der Waals surface area contributed by atoms with Gasteiger partial charge in [-0.2, -0.15) is 0 Å². The van der Waals surface area contributed by atoms with Gasteiger partial charge in [0.15, 0.2) is 11.4 Å². The van der Waals surface area contributed by atoms with Crippen LogP contribution < -0.4 is 0 Å². The van der Waals surface area contributed by atoms with E-state index in [4.69, 9.17) is 0 Å². The van der Waals surface area contributed by atoms with Crippen molar-refractivity contribution in [3.8, 4) is 0 Å². The molecule has 0 aliphatic heterocycles. The van der Waals surface area contributed by atoms with Crippen LogP contribution in [0.5, 0.6) is 0 Å². The number of ketones is 1. The van der Waals surface area contributed by atoms with Crippen LogP contribution in [0, 0.1) is 52.3 Å². The molecule has 11 atom stereocenters. The number of aliphatic hydroxyl groups excluding tert-OH is 3. The quantitative estimate of drug-likeness (QED) is 0.0624. The van der Waals surface area contributed by atoms with Gasteiger partial charge in [0, 0.05) is 12.3 Å². The second kappa shape index (κ2) is 19.7. The number of allylic oxidation sites excluding steroid dienone is 1. The summed E-state index contributed by atoms with van der Waals surface area (Å²) in [5.41, 5.74) is -1.08. The molecule has 0 saturated heterocycles. The molecule has 5 nitrogen and oxygen atoms in total. The maximum atomic E-state index is 13.7. The smallest absolute Gasteiger partial charge is 0.172 e. The standard InChI is InChI=1S/C46H82O5/c1-7-8-9-10-11-12-13-14-15-16-17-18-19-23-42(49)46(51,32-47)43(50)41-31-36(48)30-35-24-25-37-39-27-26-38(34(4)22-20-21-33(2)3)44(39,5)29-28-40(37)45(35,41)6/h24,33-34,36-41,43,47-48,50-51H,7-23,25-32H2,1-6H3/t34-,36-,37+,38-,39+,40+,41?,43?,44-,45-,46?/m1/s1. The zero-order chi connectivity index (χ0) is 37.2. The lowest BCUT2D eigenvalue weighted by Crippen LogP contribution is -2.63. The molecule has 296 valence electrons. The van der Waals surface area contributed by atoms with Gasteiger partial charge in [-0.1, -0.05) is 150 Å². The summed E-state index contributed by atoms with van der Waals surface area (Å²) in [6.07, 6.45) is 27.1. The second-order valence-corrected chi connectivity index (χ2v) is 19.3. The van der Waals surface area contributed by atoms with E-state index in [9.17, 15) is 25.2 Å². The summed E-state index contributed by atoms with van der Waals surface area (Å²) in [4.78, 5) is 13.7. The summed E-state index contributed by atoms with van der Waals surface area (Å²) in [5.74, 6) is 2.83. The lowest BCUT2D eigenvalue weighted by molar-refractivity contribution is -0.183. The van der Waals surface area contributed by atoms with Gasteiger partial charge >= 0.3 is 0 Å². The molecular weight excluding hydrogens is 633 g/mol. The molecule has 0 spiro atoms. The molecule has 0 aromatic heterocycles. The van der Waals surface area contributed by atoms with Gasteiger partial charge in [-0.05, 0) is 97.7 Å². The Morgan fingerprint density at radius 3 is 2.04 bits per heavy atom. The number of hydrogen-bond donors (Lipinski definition) is 4. The number of Topliss-reactive ketones (excluding diaryl/α,β-unsaturated/α-hetero) is 1. The molecule has 3 fully saturated rings. The highest BCUT2D eigenvalue weighted by atomic mass is 16.4. The van der Waals surface area contributed by atoms with Gasteiger partial charge in [0.2, 0.25) is 0 Å². The summed E-state index contributed by atoms with van der Waals surface area (Å²) in [5, 5.41) is 45.6. The molecule has 5 heteroatoms. The van der Waals surface area contributed by atoms with E-state index >= 15 is 0 Å². The minimum absolute atomic E-state index is 0.170. The third-order valence-electron chi connectivity index (χ3n) is 15.6.